The third-order valence-corrected chi connectivity index (χ3v) is 5.90. The Hall–Kier alpha value is -0.850. The predicted molar refractivity (Wildman–Crippen MR) is 112 cm³/mol. The van der Waals surface area contributed by atoms with Crippen LogP contribution >= 0.6 is 0 Å². The van der Waals surface area contributed by atoms with Gasteiger partial charge in [-0.1, -0.05) is 33.1 Å². The fourth-order valence-electron chi connectivity index (χ4n) is 4.04. The van der Waals surface area contributed by atoms with Crippen molar-refractivity contribution in [3.8, 4) is 0 Å². The van der Waals surface area contributed by atoms with Crippen LogP contribution in [0.3, 0.4) is 0 Å². The Morgan fingerprint density at radius 3 is 2.56 bits per heavy atom. The molecule has 0 radical (unpaired) electrons. The molecular formula is C21H42N4O2. The minimum absolute atomic E-state index is 0.488. The lowest BCUT2D eigenvalue weighted by molar-refractivity contribution is 0.00246. The average Bonchev–Trinajstić information content (AvgIpc) is 3.23. The van der Waals surface area contributed by atoms with Crippen LogP contribution in [-0.2, 0) is 9.47 Å². The highest BCUT2D eigenvalue weighted by molar-refractivity contribution is 5.79. The maximum Gasteiger partial charge on any atom is 0.191 e. The Balaban J connectivity index is 1.92. The van der Waals surface area contributed by atoms with Gasteiger partial charge in [0.2, 0.25) is 0 Å². The summed E-state index contributed by atoms with van der Waals surface area (Å²) < 4.78 is 11.2. The summed E-state index contributed by atoms with van der Waals surface area (Å²) in [5.74, 6) is 2.26. The Labute approximate surface area is 166 Å². The number of nitrogens with one attached hydrogen (secondary N) is 2. The molecule has 2 aliphatic rings. The molecule has 0 aromatic heterocycles. The highest BCUT2D eigenvalue weighted by Gasteiger charge is 2.31. The van der Waals surface area contributed by atoms with Crippen LogP contribution in [0, 0.1) is 11.8 Å². The zero-order valence-corrected chi connectivity index (χ0v) is 17.8. The van der Waals surface area contributed by atoms with Crippen LogP contribution in [0.2, 0.25) is 0 Å². The second-order valence-electron chi connectivity index (χ2n) is 7.86. The van der Waals surface area contributed by atoms with Crippen molar-refractivity contribution in [3.05, 3.63) is 0 Å². The van der Waals surface area contributed by atoms with Gasteiger partial charge in [-0.25, -0.2) is 0 Å². The smallest absolute Gasteiger partial charge is 0.191 e. The second kappa shape index (κ2) is 13.3. The summed E-state index contributed by atoms with van der Waals surface area (Å²) in [5.41, 5.74) is 0. The van der Waals surface area contributed by atoms with E-state index in [2.05, 4.69) is 36.3 Å². The van der Waals surface area contributed by atoms with Gasteiger partial charge in [0.1, 0.15) is 0 Å². The fourth-order valence-corrected chi connectivity index (χ4v) is 4.04. The van der Waals surface area contributed by atoms with Crippen molar-refractivity contribution in [2.45, 2.75) is 58.9 Å². The molecule has 2 heterocycles. The molecule has 6 nitrogen and oxygen atoms in total. The molecule has 2 N–H and O–H groups in total. The van der Waals surface area contributed by atoms with Gasteiger partial charge in [0.15, 0.2) is 5.96 Å². The molecule has 2 rings (SSSR count). The van der Waals surface area contributed by atoms with E-state index in [0.29, 0.717) is 17.9 Å². The molecule has 3 atom stereocenters. The normalized spacial score (nSPS) is 24.0. The van der Waals surface area contributed by atoms with Crippen LogP contribution in [0.4, 0.5) is 0 Å². The summed E-state index contributed by atoms with van der Waals surface area (Å²) in [6.07, 6.45) is 6.22. The van der Waals surface area contributed by atoms with E-state index in [1.165, 1.54) is 25.7 Å². The van der Waals surface area contributed by atoms with Crippen molar-refractivity contribution >= 4 is 5.96 Å². The first kappa shape index (κ1) is 22.4. The van der Waals surface area contributed by atoms with E-state index >= 15 is 0 Å². The lowest BCUT2D eigenvalue weighted by atomic mass is 9.97. The first-order chi connectivity index (χ1) is 13.3. The Kier molecular flexibility index (Phi) is 11.1. The first-order valence-corrected chi connectivity index (χ1v) is 11.2. The lowest BCUT2D eigenvalue weighted by Crippen LogP contribution is -2.53. The van der Waals surface area contributed by atoms with E-state index in [0.717, 1.165) is 71.5 Å². The summed E-state index contributed by atoms with van der Waals surface area (Å²) >= 11 is 0. The van der Waals surface area contributed by atoms with Crippen LogP contribution < -0.4 is 10.6 Å². The number of ether oxygens (including phenoxy) is 2. The molecule has 0 saturated carbocycles. The molecule has 3 unspecified atom stereocenters. The van der Waals surface area contributed by atoms with E-state index < -0.39 is 0 Å². The summed E-state index contributed by atoms with van der Waals surface area (Å²) in [7, 11) is 0. The lowest BCUT2D eigenvalue weighted by Gasteiger charge is -2.37. The largest absolute Gasteiger partial charge is 0.381 e. The summed E-state index contributed by atoms with van der Waals surface area (Å²) in [6.45, 7) is 14.9. The maximum absolute atomic E-state index is 5.68. The van der Waals surface area contributed by atoms with E-state index in [-0.39, 0.29) is 0 Å². The number of aliphatic imine (C=N–C) groups is 1. The van der Waals surface area contributed by atoms with Crippen LogP contribution in [0.1, 0.15) is 52.9 Å². The Bertz CT molecular complexity index is 407. The number of hydrogen-bond acceptors (Lipinski definition) is 4. The van der Waals surface area contributed by atoms with Gasteiger partial charge in [-0.05, 0) is 25.7 Å². The Morgan fingerprint density at radius 2 is 1.93 bits per heavy atom. The molecule has 2 fully saturated rings. The summed E-state index contributed by atoms with van der Waals surface area (Å²) in [6, 6.07) is 0.488. The quantitative estimate of drug-likeness (QED) is 0.425. The third kappa shape index (κ3) is 7.96. The fraction of sp³-hybridized carbons (Fsp3) is 0.952. The van der Waals surface area contributed by atoms with Crippen molar-refractivity contribution in [2.24, 2.45) is 16.8 Å². The SMILES string of the molecule is CCCCC(CC)CN=C(NCC)NCC(C1CCOC1)N1CCOCC1. The van der Waals surface area contributed by atoms with E-state index in [1.807, 2.05) is 0 Å². The Morgan fingerprint density at radius 1 is 1.11 bits per heavy atom. The van der Waals surface area contributed by atoms with Crippen LogP contribution in [0.25, 0.3) is 0 Å². The number of nitrogens with zero attached hydrogens (tertiary/aromatic N) is 2. The molecule has 0 bridgehead atoms. The molecule has 0 amide bonds. The molecule has 2 aliphatic heterocycles. The standard InChI is InChI=1S/C21H42N4O2/c1-4-7-8-18(5-2)15-23-21(22-6-3)24-16-20(19-9-12-27-17-19)25-10-13-26-14-11-25/h18-20H,4-17H2,1-3H3,(H2,22,23,24). The number of guanidine groups is 1. The number of morpholine rings is 1. The van der Waals surface area contributed by atoms with E-state index in [1.54, 1.807) is 0 Å². The molecule has 158 valence electrons. The van der Waals surface area contributed by atoms with Crippen LogP contribution in [0.5, 0.6) is 0 Å². The zero-order valence-electron chi connectivity index (χ0n) is 17.8. The van der Waals surface area contributed by atoms with Gasteiger partial charge >= 0.3 is 0 Å². The molecule has 0 spiro atoms. The minimum Gasteiger partial charge on any atom is -0.381 e. The van der Waals surface area contributed by atoms with E-state index in [4.69, 9.17) is 14.5 Å². The maximum atomic E-state index is 5.68. The molecule has 0 aromatic carbocycles. The predicted octanol–water partition coefficient (Wildman–Crippen LogP) is 2.50. The van der Waals surface area contributed by atoms with Gasteiger partial charge in [-0.3, -0.25) is 9.89 Å². The molecule has 27 heavy (non-hydrogen) atoms. The number of hydrogen-bond donors (Lipinski definition) is 2. The molecule has 2 saturated heterocycles. The first-order valence-electron chi connectivity index (χ1n) is 11.2. The average molecular weight is 383 g/mol. The van der Waals surface area contributed by atoms with E-state index in [9.17, 15) is 0 Å². The molecular weight excluding hydrogens is 340 g/mol. The van der Waals surface area contributed by atoms with Crippen LogP contribution in [0.15, 0.2) is 4.99 Å². The van der Waals surface area contributed by atoms with Gasteiger partial charge in [-0.15, -0.1) is 0 Å². The van der Waals surface area contributed by atoms with Crippen molar-refractivity contribution in [1.29, 1.82) is 0 Å². The second-order valence-corrected chi connectivity index (χ2v) is 7.86. The van der Waals surface area contributed by atoms with Crippen molar-refractivity contribution in [2.75, 3.05) is 59.2 Å². The summed E-state index contributed by atoms with van der Waals surface area (Å²) in [5, 5.41) is 7.06. The molecule has 0 aromatic rings. The van der Waals surface area contributed by atoms with Gasteiger partial charge < -0.3 is 20.1 Å². The topological polar surface area (TPSA) is 58.1 Å². The monoisotopic (exact) mass is 382 g/mol. The van der Waals surface area contributed by atoms with Gasteiger partial charge in [0, 0.05) is 51.3 Å². The molecule has 0 aliphatic carbocycles. The number of rotatable bonds is 11. The zero-order chi connectivity index (χ0) is 19.3. The number of unbranched alkanes of at least 4 members (excludes halogenated alkanes) is 1. The van der Waals surface area contributed by atoms with Gasteiger partial charge in [-0.2, -0.15) is 0 Å². The van der Waals surface area contributed by atoms with Crippen LogP contribution in [-0.4, -0.2) is 76.1 Å². The van der Waals surface area contributed by atoms with Crippen molar-refractivity contribution < 1.29 is 9.47 Å². The third-order valence-electron chi connectivity index (χ3n) is 5.90. The summed E-state index contributed by atoms with van der Waals surface area (Å²) in [4.78, 5) is 7.48. The highest BCUT2D eigenvalue weighted by atomic mass is 16.5. The van der Waals surface area contributed by atoms with Gasteiger partial charge in [0.05, 0.1) is 19.8 Å². The minimum atomic E-state index is 0.488. The molecule has 6 heteroatoms. The van der Waals surface area contributed by atoms with Gasteiger partial charge in [0.25, 0.3) is 0 Å². The van der Waals surface area contributed by atoms with Crippen molar-refractivity contribution in [3.63, 3.8) is 0 Å². The highest BCUT2D eigenvalue weighted by Crippen LogP contribution is 2.22. The van der Waals surface area contributed by atoms with Crippen molar-refractivity contribution in [1.82, 2.24) is 15.5 Å².